The van der Waals surface area contributed by atoms with Crippen molar-refractivity contribution in [3.63, 3.8) is 0 Å². The fraction of sp³-hybridized carbons (Fsp3) is 0.500. The Labute approximate surface area is 95.7 Å². The number of aryl methyl sites for hydroxylation is 2. The van der Waals surface area contributed by atoms with E-state index in [0.29, 0.717) is 6.61 Å². The highest BCUT2D eigenvalue weighted by Crippen LogP contribution is 2.19. The Morgan fingerprint density at radius 3 is 2.80 bits per heavy atom. The molecule has 0 unspecified atom stereocenters. The molecule has 0 aliphatic carbocycles. The average Bonchev–Trinajstić information content (AvgIpc) is 2.23. The fourth-order valence-corrected chi connectivity index (χ4v) is 1.77. The third-order valence-electron chi connectivity index (χ3n) is 2.06. The molecule has 0 radical (unpaired) electrons. The van der Waals surface area contributed by atoms with Crippen LogP contribution in [0.1, 0.15) is 11.1 Å². The van der Waals surface area contributed by atoms with Crippen molar-refractivity contribution in [1.82, 2.24) is 0 Å². The molecule has 0 aliphatic rings. The van der Waals surface area contributed by atoms with E-state index < -0.39 is 0 Å². The van der Waals surface area contributed by atoms with Gasteiger partial charge in [-0.1, -0.05) is 12.1 Å². The van der Waals surface area contributed by atoms with Crippen LogP contribution in [0.15, 0.2) is 18.2 Å². The van der Waals surface area contributed by atoms with Gasteiger partial charge in [0.2, 0.25) is 0 Å². The summed E-state index contributed by atoms with van der Waals surface area (Å²) in [6.07, 6.45) is 0. The second-order valence-corrected chi connectivity index (χ2v) is 4.68. The number of rotatable bonds is 6. The van der Waals surface area contributed by atoms with Crippen LogP contribution in [0.25, 0.3) is 0 Å². The van der Waals surface area contributed by atoms with Crippen molar-refractivity contribution >= 4 is 11.8 Å². The van der Waals surface area contributed by atoms with E-state index in [1.54, 1.807) is 11.8 Å². The topological polar surface area (TPSA) is 29.5 Å². The van der Waals surface area contributed by atoms with Gasteiger partial charge in [-0.05, 0) is 31.0 Å². The van der Waals surface area contributed by atoms with Crippen molar-refractivity contribution in [2.75, 3.05) is 24.7 Å². The number of aliphatic hydroxyl groups is 1. The van der Waals surface area contributed by atoms with Crippen LogP contribution in [0.3, 0.4) is 0 Å². The zero-order valence-electron chi connectivity index (χ0n) is 9.32. The van der Waals surface area contributed by atoms with Gasteiger partial charge in [0.25, 0.3) is 0 Å². The quantitative estimate of drug-likeness (QED) is 0.755. The summed E-state index contributed by atoms with van der Waals surface area (Å²) in [6.45, 7) is 5.06. The maximum absolute atomic E-state index is 8.60. The first kappa shape index (κ1) is 12.4. The van der Waals surface area contributed by atoms with Crippen molar-refractivity contribution in [3.8, 4) is 5.75 Å². The van der Waals surface area contributed by atoms with E-state index >= 15 is 0 Å². The van der Waals surface area contributed by atoms with Crippen LogP contribution in [-0.4, -0.2) is 29.8 Å². The summed E-state index contributed by atoms with van der Waals surface area (Å²) in [7, 11) is 0. The molecule has 1 aromatic rings. The standard InChI is InChI=1S/C12H18O2S/c1-10-3-4-11(2)12(9-10)14-6-8-15-7-5-13/h3-4,9,13H,5-8H2,1-2H3. The number of ether oxygens (including phenoxy) is 1. The predicted octanol–water partition coefficient (Wildman–Crippen LogP) is 2.41. The third-order valence-corrected chi connectivity index (χ3v) is 2.99. The van der Waals surface area contributed by atoms with Crippen LogP contribution < -0.4 is 4.74 Å². The molecule has 0 aliphatic heterocycles. The molecule has 0 bridgehead atoms. The minimum atomic E-state index is 0.244. The molecule has 0 aromatic heterocycles. The first-order chi connectivity index (χ1) is 7.24. The Morgan fingerprint density at radius 1 is 1.27 bits per heavy atom. The van der Waals surface area contributed by atoms with Crippen LogP contribution >= 0.6 is 11.8 Å². The SMILES string of the molecule is Cc1ccc(C)c(OCCSCCO)c1. The van der Waals surface area contributed by atoms with Crippen molar-refractivity contribution in [3.05, 3.63) is 29.3 Å². The molecular weight excluding hydrogens is 208 g/mol. The summed E-state index contributed by atoms with van der Waals surface area (Å²) in [4.78, 5) is 0. The molecule has 0 spiro atoms. The zero-order chi connectivity index (χ0) is 11.1. The minimum absolute atomic E-state index is 0.244. The van der Waals surface area contributed by atoms with Crippen LogP contribution in [0.4, 0.5) is 0 Å². The van der Waals surface area contributed by atoms with Crippen LogP contribution in [0.2, 0.25) is 0 Å². The number of hydrogen-bond donors (Lipinski definition) is 1. The van der Waals surface area contributed by atoms with Gasteiger partial charge in [-0.3, -0.25) is 0 Å². The van der Waals surface area contributed by atoms with Gasteiger partial charge in [0.05, 0.1) is 13.2 Å². The average molecular weight is 226 g/mol. The highest BCUT2D eigenvalue weighted by molar-refractivity contribution is 7.99. The number of aliphatic hydroxyl groups excluding tert-OH is 1. The van der Waals surface area contributed by atoms with E-state index in [-0.39, 0.29) is 6.61 Å². The Hall–Kier alpha value is -0.670. The van der Waals surface area contributed by atoms with Crippen molar-refractivity contribution in [1.29, 1.82) is 0 Å². The lowest BCUT2D eigenvalue weighted by Gasteiger charge is -2.09. The first-order valence-electron chi connectivity index (χ1n) is 5.12. The Morgan fingerprint density at radius 2 is 2.07 bits per heavy atom. The third kappa shape index (κ3) is 4.58. The van der Waals surface area contributed by atoms with Crippen LogP contribution in [0.5, 0.6) is 5.75 Å². The molecule has 0 saturated carbocycles. The maximum atomic E-state index is 8.60. The van der Waals surface area contributed by atoms with Crippen LogP contribution in [0, 0.1) is 13.8 Å². The Kier molecular flexibility index (Phi) is 5.58. The van der Waals surface area contributed by atoms with Crippen LogP contribution in [-0.2, 0) is 0 Å². The molecule has 84 valence electrons. The molecule has 0 amide bonds. The molecule has 15 heavy (non-hydrogen) atoms. The fourth-order valence-electron chi connectivity index (χ4n) is 1.24. The summed E-state index contributed by atoms with van der Waals surface area (Å²) in [6, 6.07) is 6.22. The van der Waals surface area contributed by atoms with E-state index in [0.717, 1.165) is 17.3 Å². The summed E-state index contributed by atoms with van der Waals surface area (Å²) in [5.41, 5.74) is 2.39. The highest BCUT2D eigenvalue weighted by Gasteiger charge is 1.99. The Bertz CT molecular complexity index is 300. The summed E-state index contributed by atoms with van der Waals surface area (Å²) < 4.78 is 5.66. The zero-order valence-corrected chi connectivity index (χ0v) is 10.1. The van der Waals surface area contributed by atoms with Gasteiger partial charge < -0.3 is 9.84 Å². The first-order valence-corrected chi connectivity index (χ1v) is 6.28. The summed E-state index contributed by atoms with van der Waals surface area (Å²) in [5.74, 6) is 2.68. The van der Waals surface area contributed by atoms with Crippen molar-refractivity contribution in [2.24, 2.45) is 0 Å². The molecule has 3 heteroatoms. The minimum Gasteiger partial charge on any atom is -0.492 e. The summed E-state index contributed by atoms with van der Waals surface area (Å²) >= 11 is 1.71. The van der Waals surface area contributed by atoms with E-state index in [1.165, 1.54) is 11.1 Å². The monoisotopic (exact) mass is 226 g/mol. The van der Waals surface area contributed by atoms with E-state index in [2.05, 4.69) is 32.0 Å². The molecule has 2 nitrogen and oxygen atoms in total. The lowest BCUT2D eigenvalue weighted by Crippen LogP contribution is -2.03. The van der Waals surface area contributed by atoms with E-state index in [9.17, 15) is 0 Å². The number of hydrogen-bond acceptors (Lipinski definition) is 3. The molecule has 0 atom stereocenters. The van der Waals surface area contributed by atoms with Gasteiger partial charge >= 0.3 is 0 Å². The van der Waals surface area contributed by atoms with Gasteiger partial charge in [-0.2, -0.15) is 11.8 Å². The van der Waals surface area contributed by atoms with Gasteiger partial charge in [0.1, 0.15) is 5.75 Å². The number of thioether (sulfide) groups is 1. The number of benzene rings is 1. The molecule has 1 N–H and O–H groups in total. The molecule has 0 fully saturated rings. The van der Waals surface area contributed by atoms with E-state index in [4.69, 9.17) is 9.84 Å². The van der Waals surface area contributed by atoms with Crippen molar-refractivity contribution in [2.45, 2.75) is 13.8 Å². The maximum Gasteiger partial charge on any atom is 0.122 e. The smallest absolute Gasteiger partial charge is 0.122 e. The second-order valence-electron chi connectivity index (χ2n) is 3.45. The van der Waals surface area contributed by atoms with Gasteiger partial charge in [-0.25, -0.2) is 0 Å². The molecular formula is C12H18O2S. The van der Waals surface area contributed by atoms with E-state index in [1.807, 2.05) is 0 Å². The molecule has 0 saturated heterocycles. The van der Waals surface area contributed by atoms with Gasteiger partial charge in [0.15, 0.2) is 0 Å². The van der Waals surface area contributed by atoms with Gasteiger partial charge in [0, 0.05) is 11.5 Å². The highest BCUT2D eigenvalue weighted by atomic mass is 32.2. The lowest BCUT2D eigenvalue weighted by atomic mass is 10.1. The summed E-state index contributed by atoms with van der Waals surface area (Å²) in [5, 5.41) is 8.60. The molecule has 0 heterocycles. The molecule has 1 rings (SSSR count). The normalized spacial score (nSPS) is 10.3. The largest absolute Gasteiger partial charge is 0.492 e. The second kappa shape index (κ2) is 6.75. The lowest BCUT2D eigenvalue weighted by molar-refractivity contribution is 0.321. The molecule has 1 aromatic carbocycles. The van der Waals surface area contributed by atoms with Crippen molar-refractivity contribution < 1.29 is 9.84 Å². The Balaban J connectivity index is 2.33. The van der Waals surface area contributed by atoms with Gasteiger partial charge in [-0.15, -0.1) is 0 Å². The predicted molar refractivity (Wildman–Crippen MR) is 65.8 cm³/mol.